The van der Waals surface area contributed by atoms with Crippen LogP contribution in [0.15, 0.2) is 30.9 Å². The van der Waals surface area contributed by atoms with Crippen LogP contribution in [0, 0.1) is 0 Å². The molecule has 0 spiro atoms. The summed E-state index contributed by atoms with van der Waals surface area (Å²) in [7, 11) is 1.82. The van der Waals surface area contributed by atoms with Crippen LogP contribution in [-0.2, 0) is 13.6 Å². The second-order valence-electron chi connectivity index (χ2n) is 4.00. The molecular weight excluding hydrogens is 246 g/mol. The lowest BCUT2D eigenvalue weighted by Crippen LogP contribution is -2.23. The van der Waals surface area contributed by atoms with Gasteiger partial charge in [-0.1, -0.05) is 0 Å². The molecule has 19 heavy (non-hydrogen) atoms. The first-order chi connectivity index (χ1) is 9.22. The molecule has 8 heteroatoms. The van der Waals surface area contributed by atoms with Gasteiger partial charge in [-0.05, 0) is 6.07 Å². The first-order valence-corrected chi connectivity index (χ1v) is 5.65. The van der Waals surface area contributed by atoms with Gasteiger partial charge in [-0.3, -0.25) is 9.48 Å². The molecule has 3 rings (SSSR count). The summed E-state index contributed by atoms with van der Waals surface area (Å²) < 4.78 is 3.13. The van der Waals surface area contributed by atoms with Crippen molar-refractivity contribution < 1.29 is 4.79 Å². The fourth-order valence-corrected chi connectivity index (χ4v) is 1.65. The van der Waals surface area contributed by atoms with E-state index in [0.29, 0.717) is 12.3 Å². The highest BCUT2D eigenvalue weighted by Gasteiger charge is 2.12. The first-order valence-electron chi connectivity index (χ1n) is 5.65. The Morgan fingerprint density at radius 2 is 2.37 bits per heavy atom. The summed E-state index contributed by atoms with van der Waals surface area (Å²) in [6, 6.07) is 1.72. The Kier molecular flexibility index (Phi) is 2.67. The Balaban J connectivity index is 1.73. The number of aryl methyl sites for hydroxylation is 1. The van der Waals surface area contributed by atoms with Crippen LogP contribution < -0.4 is 5.32 Å². The molecule has 0 bridgehead atoms. The van der Waals surface area contributed by atoms with Gasteiger partial charge in [0.2, 0.25) is 5.82 Å². The lowest BCUT2D eigenvalue weighted by molar-refractivity contribution is 0.0940. The molecule has 8 nitrogen and oxygen atoms in total. The van der Waals surface area contributed by atoms with Crippen LogP contribution in [-0.4, -0.2) is 35.3 Å². The summed E-state index contributed by atoms with van der Waals surface area (Å²) in [5, 5.41) is 10.8. The molecule has 96 valence electrons. The molecule has 0 aromatic carbocycles. The summed E-state index contributed by atoms with van der Waals surface area (Å²) in [4.78, 5) is 19.9. The Labute approximate surface area is 108 Å². The van der Waals surface area contributed by atoms with Crippen molar-refractivity contribution in [2.24, 2.45) is 7.05 Å². The second kappa shape index (κ2) is 4.48. The fraction of sp³-hybridized carbons (Fsp3) is 0.182. The van der Waals surface area contributed by atoms with E-state index < -0.39 is 0 Å². The summed E-state index contributed by atoms with van der Waals surface area (Å²) in [5.74, 6) is 0.158. The molecule has 0 saturated heterocycles. The predicted molar refractivity (Wildman–Crippen MR) is 65.2 cm³/mol. The van der Waals surface area contributed by atoms with E-state index in [9.17, 15) is 4.79 Å². The average molecular weight is 257 g/mol. The van der Waals surface area contributed by atoms with Crippen molar-refractivity contribution in [1.82, 2.24) is 34.7 Å². The van der Waals surface area contributed by atoms with Gasteiger partial charge in [0.15, 0.2) is 0 Å². The zero-order valence-electron chi connectivity index (χ0n) is 10.2. The molecule has 0 atom stereocenters. The molecular formula is C11H11N7O. The van der Waals surface area contributed by atoms with Gasteiger partial charge in [0.25, 0.3) is 11.7 Å². The van der Waals surface area contributed by atoms with Crippen LogP contribution in [0.3, 0.4) is 0 Å². The van der Waals surface area contributed by atoms with Crippen molar-refractivity contribution in [2.45, 2.75) is 6.54 Å². The fourth-order valence-electron chi connectivity index (χ4n) is 1.65. The minimum absolute atomic E-state index is 0.0996. The van der Waals surface area contributed by atoms with E-state index in [4.69, 9.17) is 0 Å². The molecule has 0 aliphatic heterocycles. The third-order valence-electron chi connectivity index (χ3n) is 2.53. The SMILES string of the molecule is Cn1cc(CNC(=O)c2nc3ncccn3n2)cn1. The van der Waals surface area contributed by atoms with Gasteiger partial charge >= 0.3 is 0 Å². The second-order valence-corrected chi connectivity index (χ2v) is 4.00. The molecule has 3 aromatic heterocycles. The van der Waals surface area contributed by atoms with Gasteiger partial charge in [0.1, 0.15) is 0 Å². The lowest BCUT2D eigenvalue weighted by atomic mass is 10.3. The summed E-state index contributed by atoms with van der Waals surface area (Å²) >= 11 is 0. The Bertz CT molecular complexity index is 696. The number of fused-ring (bicyclic) bond motifs is 1. The van der Waals surface area contributed by atoms with Crippen LogP contribution in [0.2, 0.25) is 0 Å². The molecule has 0 saturated carbocycles. The van der Waals surface area contributed by atoms with E-state index in [1.165, 1.54) is 4.52 Å². The maximum absolute atomic E-state index is 11.9. The van der Waals surface area contributed by atoms with Crippen molar-refractivity contribution in [3.63, 3.8) is 0 Å². The zero-order chi connectivity index (χ0) is 13.2. The van der Waals surface area contributed by atoms with E-state index in [1.54, 1.807) is 29.3 Å². The van der Waals surface area contributed by atoms with Crippen molar-refractivity contribution in [1.29, 1.82) is 0 Å². The van der Waals surface area contributed by atoms with Crippen molar-refractivity contribution in [2.75, 3.05) is 0 Å². The minimum atomic E-state index is -0.339. The average Bonchev–Trinajstić information content (AvgIpc) is 3.01. The van der Waals surface area contributed by atoms with Gasteiger partial charge in [-0.15, -0.1) is 5.10 Å². The van der Waals surface area contributed by atoms with Crippen LogP contribution in [0.25, 0.3) is 5.78 Å². The number of carbonyl (C=O) groups excluding carboxylic acids is 1. The Morgan fingerprint density at radius 1 is 1.47 bits per heavy atom. The monoisotopic (exact) mass is 257 g/mol. The summed E-state index contributed by atoms with van der Waals surface area (Å²) in [6.07, 6.45) is 6.81. The van der Waals surface area contributed by atoms with Gasteiger partial charge in [0, 0.05) is 37.7 Å². The molecule has 0 fully saturated rings. The smallest absolute Gasteiger partial charge is 0.291 e. The van der Waals surface area contributed by atoms with Crippen molar-refractivity contribution in [3.05, 3.63) is 42.2 Å². The van der Waals surface area contributed by atoms with E-state index in [2.05, 4.69) is 25.5 Å². The normalized spacial score (nSPS) is 10.8. The topological polar surface area (TPSA) is 90.0 Å². The third-order valence-corrected chi connectivity index (χ3v) is 2.53. The molecule has 0 aliphatic carbocycles. The molecule has 3 aromatic rings. The molecule has 3 heterocycles. The number of rotatable bonds is 3. The molecule has 0 unspecified atom stereocenters. The third kappa shape index (κ3) is 2.28. The highest BCUT2D eigenvalue weighted by atomic mass is 16.2. The predicted octanol–water partition coefficient (Wildman–Crippen LogP) is -0.212. The number of hydrogen-bond acceptors (Lipinski definition) is 5. The van der Waals surface area contributed by atoms with Crippen LogP contribution in [0.5, 0.6) is 0 Å². The zero-order valence-corrected chi connectivity index (χ0v) is 10.2. The number of hydrogen-bond donors (Lipinski definition) is 1. The first kappa shape index (κ1) is 11.3. The van der Waals surface area contributed by atoms with Gasteiger partial charge < -0.3 is 5.32 Å². The largest absolute Gasteiger partial charge is 0.345 e. The summed E-state index contributed by atoms with van der Waals surface area (Å²) in [5.41, 5.74) is 0.915. The maximum Gasteiger partial charge on any atom is 0.291 e. The van der Waals surface area contributed by atoms with E-state index in [0.717, 1.165) is 5.56 Å². The van der Waals surface area contributed by atoms with E-state index in [-0.39, 0.29) is 11.7 Å². The summed E-state index contributed by atoms with van der Waals surface area (Å²) in [6.45, 7) is 0.385. The van der Waals surface area contributed by atoms with Gasteiger partial charge in [-0.25, -0.2) is 9.50 Å². The van der Waals surface area contributed by atoms with Crippen LogP contribution >= 0.6 is 0 Å². The minimum Gasteiger partial charge on any atom is -0.345 e. The number of aromatic nitrogens is 6. The number of nitrogens with zero attached hydrogens (tertiary/aromatic N) is 6. The number of amides is 1. The van der Waals surface area contributed by atoms with Gasteiger partial charge in [0.05, 0.1) is 6.20 Å². The standard InChI is InChI=1S/C11H11N7O/c1-17-7-8(6-14-17)5-13-10(19)9-15-11-12-3-2-4-18(11)16-9/h2-4,6-7H,5H2,1H3,(H,13,19). The lowest BCUT2D eigenvalue weighted by Gasteiger charge is -1.98. The molecule has 1 N–H and O–H groups in total. The van der Waals surface area contributed by atoms with Crippen molar-refractivity contribution >= 4 is 11.7 Å². The molecule has 0 aliphatic rings. The number of carbonyl (C=O) groups is 1. The van der Waals surface area contributed by atoms with Crippen LogP contribution in [0.4, 0.5) is 0 Å². The van der Waals surface area contributed by atoms with Crippen molar-refractivity contribution in [3.8, 4) is 0 Å². The molecule has 1 amide bonds. The maximum atomic E-state index is 11.9. The Morgan fingerprint density at radius 3 is 3.11 bits per heavy atom. The van der Waals surface area contributed by atoms with Gasteiger partial charge in [-0.2, -0.15) is 10.1 Å². The number of nitrogens with one attached hydrogen (secondary N) is 1. The Hall–Kier alpha value is -2.77. The quantitative estimate of drug-likeness (QED) is 0.701. The molecule has 0 radical (unpaired) electrons. The highest BCUT2D eigenvalue weighted by Crippen LogP contribution is 1.99. The van der Waals surface area contributed by atoms with Crippen LogP contribution in [0.1, 0.15) is 16.2 Å². The van der Waals surface area contributed by atoms with E-state index in [1.807, 2.05) is 13.2 Å². The van der Waals surface area contributed by atoms with E-state index >= 15 is 0 Å². The highest BCUT2D eigenvalue weighted by molar-refractivity contribution is 5.90.